The molecule has 1 aromatic heterocycles. The van der Waals surface area contributed by atoms with E-state index in [-0.39, 0.29) is 5.91 Å². The Labute approximate surface area is 99.4 Å². The quantitative estimate of drug-likeness (QED) is 0.713. The van der Waals surface area contributed by atoms with E-state index in [2.05, 4.69) is 20.6 Å². The fourth-order valence-corrected chi connectivity index (χ4v) is 1.56. The van der Waals surface area contributed by atoms with E-state index in [0.717, 1.165) is 26.2 Å². The summed E-state index contributed by atoms with van der Waals surface area (Å²) in [6.45, 7) is 10.1. The maximum Gasteiger partial charge on any atom is 0.284 e. The number of rotatable bonds is 2. The topological polar surface area (TPSA) is 61.6 Å². The molecule has 1 saturated heterocycles. The summed E-state index contributed by atoms with van der Waals surface area (Å²) < 4.78 is 0. The zero-order valence-corrected chi connectivity index (χ0v) is 9.31. The van der Waals surface area contributed by atoms with E-state index in [1.165, 1.54) is 6.20 Å². The molecule has 0 atom stereocenters. The summed E-state index contributed by atoms with van der Waals surface area (Å²) in [6.07, 6.45) is 1.40. The van der Waals surface area contributed by atoms with Gasteiger partial charge in [-0.05, 0) is 6.07 Å². The minimum atomic E-state index is -0.233. The Morgan fingerprint density at radius 1 is 1.47 bits per heavy atom. The third-order valence-electron chi connectivity index (χ3n) is 2.49. The molecule has 1 aliphatic heterocycles. The van der Waals surface area contributed by atoms with Crippen molar-refractivity contribution in [3.8, 4) is 0 Å². The van der Waals surface area contributed by atoms with Crippen LogP contribution in [0.4, 0.5) is 5.69 Å². The summed E-state index contributed by atoms with van der Waals surface area (Å²) in [5, 5.41) is 5.07. The maximum absolute atomic E-state index is 11.8. The van der Waals surface area contributed by atoms with Gasteiger partial charge in [-0.1, -0.05) is 6.07 Å². The minimum absolute atomic E-state index is 0.233. The number of nitrogens with one attached hydrogen (secondary N) is 2. The highest BCUT2D eigenvalue weighted by molar-refractivity contribution is 5.92. The molecule has 17 heavy (non-hydrogen) atoms. The van der Waals surface area contributed by atoms with Crippen LogP contribution in [0.2, 0.25) is 0 Å². The van der Waals surface area contributed by atoms with E-state index in [1.54, 1.807) is 12.1 Å². The molecule has 1 amide bonds. The summed E-state index contributed by atoms with van der Waals surface area (Å²) in [7, 11) is 0. The van der Waals surface area contributed by atoms with E-state index in [9.17, 15) is 4.79 Å². The van der Waals surface area contributed by atoms with Gasteiger partial charge >= 0.3 is 0 Å². The Morgan fingerprint density at radius 3 is 2.82 bits per heavy atom. The molecule has 6 heteroatoms. The predicted molar refractivity (Wildman–Crippen MR) is 62.4 cm³/mol. The van der Waals surface area contributed by atoms with Crippen LogP contribution in [0.15, 0.2) is 18.3 Å². The predicted octanol–water partition coefficient (Wildman–Crippen LogP) is 0.182. The third kappa shape index (κ3) is 3.00. The fraction of sp³-hybridized carbons (Fsp3) is 0.364. The van der Waals surface area contributed by atoms with Crippen LogP contribution < -0.4 is 10.7 Å². The standard InChI is InChI=1S/C11H13N5O/c1-12-9-2-3-10(14-8-9)11(17)15-16-6-4-13-5-7-16/h2-3,8,13H,4-7H2,(H,15,17). The van der Waals surface area contributed by atoms with Crippen LogP contribution in [0, 0.1) is 6.57 Å². The summed E-state index contributed by atoms with van der Waals surface area (Å²) in [5.74, 6) is -0.233. The van der Waals surface area contributed by atoms with Crippen LogP contribution in [0.1, 0.15) is 10.5 Å². The second-order valence-electron chi connectivity index (χ2n) is 3.69. The van der Waals surface area contributed by atoms with Gasteiger partial charge in [0.1, 0.15) is 5.69 Å². The number of hydrogen-bond acceptors (Lipinski definition) is 4. The highest BCUT2D eigenvalue weighted by Gasteiger charge is 2.14. The number of amides is 1. The zero-order valence-electron chi connectivity index (χ0n) is 9.31. The molecule has 0 aromatic carbocycles. The van der Waals surface area contributed by atoms with Crippen molar-refractivity contribution in [1.29, 1.82) is 0 Å². The molecule has 1 aliphatic rings. The van der Waals surface area contributed by atoms with Gasteiger partial charge in [0.2, 0.25) is 5.69 Å². The van der Waals surface area contributed by atoms with Crippen LogP contribution >= 0.6 is 0 Å². The molecule has 2 rings (SSSR count). The van der Waals surface area contributed by atoms with Crippen molar-refractivity contribution in [2.75, 3.05) is 26.2 Å². The number of aromatic nitrogens is 1. The first-order chi connectivity index (χ1) is 8.29. The highest BCUT2D eigenvalue weighted by Crippen LogP contribution is 2.09. The normalized spacial score (nSPS) is 16.2. The number of hydrogen-bond donors (Lipinski definition) is 2. The summed E-state index contributed by atoms with van der Waals surface area (Å²) in [5.41, 5.74) is 3.55. The van der Waals surface area contributed by atoms with Crippen molar-refractivity contribution < 1.29 is 4.79 Å². The van der Waals surface area contributed by atoms with E-state index in [1.807, 2.05) is 5.01 Å². The van der Waals surface area contributed by atoms with E-state index < -0.39 is 0 Å². The van der Waals surface area contributed by atoms with Crippen molar-refractivity contribution in [2.45, 2.75) is 0 Å². The van der Waals surface area contributed by atoms with Crippen LogP contribution in [-0.4, -0.2) is 42.1 Å². The van der Waals surface area contributed by atoms with Crippen molar-refractivity contribution in [1.82, 2.24) is 20.7 Å². The minimum Gasteiger partial charge on any atom is -0.314 e. The molecule has 0 saturated carbocycles. The Morgan fingerprint density at radius 2 is 2.24 bits per heavy atom. The van der Waals surface area contributed by atoms with Crippen LogP contribution in [0.3, 0.4) is 0 Å². The number of carbonyl (C=O) groups is 1. The smallest absolute Gasteiger partial charge is 0.284 e. The van der Waals surface area contributed by atoms with Gasteiger partial charge in [0, 0.05) is 32.4 Å². The summed E-state index contributed by atoms with van der Waals surface area (Å²) >= 11 is 0. The zero-order chi connectivity index (χ0) is 12.1. The van der Waals surface area contributed by atoms with Gasteiger partial charge in [-0.15, -0.1) is 0 Å². The van der Waals surface area contributed by atoms with Gasteiger partial charge in [0.25, 0.3) is 5.91 Å². The molecule has 0 bridgehead atoms. The Hall–Kier alpha value is -1.97. The monoisotopic (exact) mass is 231 g/mol. The van der Waals surface area contributed by atoms with Crippen molar-refractivity contribution >= 4 is 11.6 Å². The largest absolute Gasteiger partial charge is 0.314 e. The molecule has 0 aliphatic carbocycles. The number of nitrogens with zero attached hydrogens (tertiary/aromatic N) is 3. The molecular weight excluding hydrogens is 218 g/mol. The lowest BCUT2D eigenvalue weighted by Crippen LogP contribution is -2.52. The van der Waals surface area contributed by atoms with Crippen molar-refractivity contribution in [3.05, 3.63) is 35.4 Å². The summed E-state index contributed by atoms with van der Waals surface area (Å²) in [6, 6.07) is 3.15. The number of piperazine rings is 1. The first kappa shape index (κ1) is 11.5. The average Bonchev–Trinajstić information content (AvgIpc) is 2.40. The van der Waals surface area contributed by atoms with E-state index in [0.29, 0.717) is 11.4 Å². The lowest BCUT2D eigenvalue weighted by molar-refractivity contribution is 0.0759. The molecule has 0 radical (unpaired) electrons. The Balaban J connectivity index is 1.96. The van der Waals surface area contributed by atoms with Gasteiger partial charge < -0.3 is 5.32 Å². The van der Waals surface area contributed by atoms with Gasteiger partial charge in [0.05, 0.1) is 6.57 Å². The van der Waals surface area contributed by atoms with E-state index in [4.69, 9.17) is 6.57 Å². The maximum atomic E-state index is 11.8. The first-order valence-electron chi connectivity index (χ1n) is 5.40. The molecule has 1 aromatic rings. The molecule has 88 valence electrons. The number of carbonyl (C=O) groups excluding carboxylic acids is 1. The van der Waals surface area contributed by atoms with Crippen LogP contribution in [0.5, 0.6) is 0 Å². The molecule has 0 unspecified atom stereocenters. The van der Waals surface area contributed by atoms with Gasteiger partial charge in [-0.25, -0.2) is 9.85 Å². The van der Waals surface area contributed by atoms with Gasteiger partial charge in [-0.2, -0.15) is 0 Å². The fourth-order valence-electron chi connectivity index (χ4n) is 1.56. The van der Waals surface area contributed by atoms with Gasteiger partial charge in [0.15, 0.2) is 0 Å². The molecule has 2 heterocycles. The SMILES string of the molecule is [C-]#[N+]c1ccc(C(=O)NN2CCNCC2)nc1. The first-order valence-corrected chi connectivity index (χ1v) is 5.40. The second kappa shape index (κ2) is 5.39. The van der Waals surface area contributed by atoms with E-state index >= 15 is 0 Å². The average molecular weight is 231 g/mol. The Kier molecular flexibility index (Phi) is 3.65. The lowest BCUT2D eigenvalue weighted by atomic mass is 10.3. The Bertz CT molecular complexity index is 430. The lowest BCUT2D eigenvalue weighted by Gasteiger charge is -2.27. The van der Waals surface area contributed by atoms with Crippen molar-refractivity contribution in [2.24, 2.45) is 0 Å². The highest BCUT2D eigenvalue weighted by atomic mass is 16.2. The van der Waals surface area contributed by atoms with Crippen molar-refractivity contribution in [3.63, 3.8) is 0 Å². The molecular formula is C11H13N5O. The second-order valence-corrected chi connectivity index (χ2v) is 3.69. The van der Waals surface area contributed by atoms with Crippen LogP contribution in [0.25, 0.3) is 4.85 Å². The van der Waals surface area contributed by atoms with Gasteiger partial charge in [-0.3, -0.25) is 15.2 Å². The molecule has 0 spiro atoms. The number of pyridine rings is 1. The number of hydrazine groups is 1. The van der Waals surface area contributed by atoms with Crippen LogP contribution in [-0.2, 0) is 0 Å². The molecule has 6 nitrogen and oxygen atoms in total. The summed E-state index contributed by atoms with van der Waals surface area (Å²) in [4.78, 5) is 19.0. The third-order valence-corrected chi connectivity index (χ3v) is 2.49. The molecule has 1 fully saturated rings. The molecule has 2 N–H and O–H groups in total.